The summed E-state index contributed by atoms with van der Waals surface area (Å²) in [5, 5.41) is 12.2. The molecule has 2 aromatic heterocycles. The van der Waals surface area contributed by atoms with E-state index in [2.05, 4.69) is 22.2 Å². The molecule has 0 unspecified atom stereocenters. The maximum Gasteiger partial charge on any atom is 0.354 e. The molecule has 0 spiro atoms. The van der Waals surface area contributed by atoms with Crippen LogP contribution < -0.4 is 21.4 Å². The summed E-state index contributed by atoms with van der Waals surface area (Å²) in [6, 6.07) is 11.3. The van der Waals surface area contributed by atoms with Gasteiger partial charge in [-0.25, -0.2) is 23.9 Å². The molecule has 2 N–H and O–H groups in total. The molecule has 10 heteroatoms. The molecule has 1 fully saturated rings. The molecule has 4 rings (SSSR count). The Labute approximate surface area is 202 Å². The zero-order valence-electron chi connectivity index (χ0n) is 19.8. The van der Waals surface area contributed by atoms with E-state index in [4.69, 9.17) is 9.84 Å². The van der Waals surface area contributed by atoms with Crippen LogP contribution in [0.5, 0.6) is 11.6 Å². The standard InChI is InChI=1S/C25H29N5O5/c1-3-29-24(33)28-23(30(25(29)34)15-17-9-7-16(2)8-10-17)26-18-11-13-19(14-12-18)35-21-6-4-5-20(27-21)22(31)32/h4-6,11-14,16-17H,3,7-10,15H2,1-2H3,(H,31,32)(H,26,28,33). The van der Waals surface area contributed by atoms with Gasteiger partial charge in [-0.3, -0.25) is 4.57 Å². The van der Waals surface area contributed by atoms with Gasteiger partial charge in [0.05, 0.1) is 0 Å². The highest BCUT2D eigenvalue weighted by Gasteiger charge is 2.22. The molecule has 0 amide bonds. The molecule has 1 aromatic carbocycles. The van der Waals surface area contributed by atoms with E-state index in [1.807, 2.05) is 0 Å². The molecule has 0 atom stereocenters. The van der Waals surface area contributed by atoms with Crippen LogP contribution in [0.1, 0.15) is 50.0 Å². The number of nitrogens with one attached hydrogen (secondary N) is 1. The van der Waals surface area contributed by atoms with Gasteiger partial charge in [0.15, 0.2) is 5.69 Å². The molecule has 10 nitrogen and oxygen atoms in total. The number of benzene rings is 1. The quantitative estimate of drug-likeness (QED) is 0.498. The van der Waals surface area contributed by atoms with Crippen LogP contribution in [0.25, 0.3) is 0 Å². The number of ether oxygens (including phenoxy) is 1. The van der Waals surface area contributed by atoms with E-state index in [-0.39, 0.29) is 29.8 Å². The van der Waals surface area contributed by atoms with E-state index in [0.29, 0.717) is 29.8 Å². The third-order valence-electron chi connectivity index (χ3n) is 6.32. The van der Waals surface area contributed by atoms with Crippen molar-refractivity contribution in [3.8, 4) is 11.6 Å². The van der Waals surface area contributed by atoms with Crippen molar-refractivity contribution in [3.63, 3.8) is 0 Å². The van der Waals surface area contributed by atoms with Crippen LogP contribution in [0.3, 0.4) is 0 Å². The Hall–Kier alpha value is -3.95. The van der Waals surface area contributed by atoms with E-state index in [9.17, 15) is 14.4 Å². The summed E-state index contributed by atoms with van der Waals surface area (Å²) in [7, 11) is 0. The average Bonchev–Trinajstić information content (AvgIpc) is 2.84. The normalized spacial score (nSPS) is 17.7. The van der Waals surface area contributed by atoms with Gasteiger partial charge in [-0.1, -0.05) is 25.8 Å². The smallest absolute Gasteiger partial charge is 0.354 e. The van der Waals surface area contributed by atoms with Crippen LogP contribution in [0.2, 0.25) is 0 Å². The predicted octanol–water partition coefficient (Wildman–Crippen LogP) is 3.88. The van der Waals surface area contributed by atoms with Crippen LogP contribution in [0.4, 0.5) is 11.6 Å². The first-order chi connectivity index (χ1) is 16.8. The van der Waals surface area contributed by atoms with Gasteiger partial charge in [-0.2, -0.15) is 4.98 Å². The lowest BCUT2D eigenvalue weighted by Gasteiger charge is -2.27. The fourth-order valence-corrected chi connectivity index (χ4v) is 4.28. The molecular formula is C25H29N5O5. The summed E-state index contributed by atoms with van der Waals surface area (Å²) < 4.78 is 8.36. The van der Waals surface area contributed by atoms with Gasteiger partial charge in [-0.15, -0.1) is 0 Å². The van der Waals surface area contributed by atoms with Crippen molar-refractivity contribution < 1.29 is 14.6 Å². The van der Waals surface area contributed by atoms with Gasteiger partial charge < -0.3 is 15.2 Å². The number of carboxylic acids is 1. The number of hydrogen-bond donors (Lipinski definition) is 2. The van der Waals surface area contributed by atoms with Gasteiger partial charge in [0.1, 0.15) is 5.75 Å². The van der Waals surface area contributed by atoms with Crippen molar-refractivity contribution >= 4 is 17.6 Å². The summed E-state index contributed by atoms with van der Waals surface area (Å²) in [6.07, 6.45) is 4.35. The number of aromatic carboxylic acids is 1. The second-order valence-corrected chi connectivity index (χ2v) is 8.90. The van der Waals surface area contributed by atoms with Gasteiger partial charge in [0.2, 0.25) is 11.8 Å². The number of rotatable bonds is 8. The van der Waals surface area contributed by atoms with Crippen molar-refractivity contribution in [2.24, 2.45) is 11.8 Å². The highest BCUT2D eigenvalue weighted by molar-refractivity contribution is 5.85. The lowest BCUT2D eigenvalue weighted by atomic mass is 9.83. The van der Waals surface area contributed by atoms with Crippen LogP contribution in [0.15, 0.2) is 52.1 Å². The predicted molar refractivity (Wildman–Crippen MR) is 131 cm³/mol. The molecule has 35 heavy (non-hydrogen) atoms. The van der Waals surface area contributed by atoms with Crippen LogP contribution in [-0.2, 0) is 13.1 Å². The van der Waals surface area contributed by atoms with Crippen molar-refractivity contribution in [3.05, 3.63) is 69.1 Å². The van der Waals surface area contributed by atoms with Crippen molar-refractivity contribution in [1.29, 1.82) is 0 Å². The molecule has 0 aliphatic heterocycles. The number of aromatic nitrogens is 4. The number of anilines is 2. The Kier molecular flexibility index (Phi) is 7.28. The largest absolute Gasteiger partial charge is 0.477 e. The van der Waals surface area contributed by atoms with Crippen LogP contribution in [-0.4, -0.2) is 30.2 Å². The maximum atomic E-state index is 13.1. The topological polar surface area (TPSA) is 128 Å². The molecule has 3 aromatic rings. The van der Waals surface area contributed by atoms with Crippen molar-refractivity contribution in [1.82, 2.24) is 19.1 Å². The summed E-state index contributed by atoms with van der Waals surface area (Å²) in [6.45, 7) is 4.77. The lowest BCUT2D eigenvalue weighted by Crippen LogP contribution is -2.43. The van der Waals surface area contributed by atoms with E-state index in [1.165, 1.54) is 6.07 Å². The Morgan fingerprint density at radius 3 is 2.43 bits per heavy atom. The lowest BCUT2D eigenvalue weighted by molar-refractivity contribution is 0.0689. The first-order valence-corrected chi connectivity index (χ1v) is 11.8. The Bertz CT molecular complexity index is 1310. The van der Waals surface area contributed by atoms with Crippen molar-refractivity contribution in [2.45, 2.75) is 52.6 Å². The fourth-order valence-electron chi connectivity index (χ4n) is 4.28. The zero-order chi connectivity index (χ0) is 24.9. The summed E-state index contributed by atoms with van der Waals surface area (Å²) in [5.41, 5.74) is -0.439. The van der Waals surface area contributed by atoms with E-state index in [0.717, 1.165) is 30.3 Å². The number of hydrogen-bond acceptors (Lipinski definition) is 7. The van der Waals surface area contributed by atoms with E-state index < -0.39 is 11.7 Å². The molecule has 0 bridgehead atoms. The third kappa shape index (κ3) is 5.76. The number of pyridine rings is 1. The van der Waals surface area contributed by atoms with Gasteiger partial charge in [0, 0.05) is 24.8 Å². The number of carbonyl (C=O) groups is 1. The monoisotopic (exact) mass is 479 g/mol. The molecule has 1 aliphatic rings. The van der Waals surface area contributed by atoms with E-state index in [1.54, 1.807) is 47.9 Å². The summed E-state index contributed by atoms with van der Waals surface area (Å²) in [4.78, 5) is 44.7. The Morgan fingerprint density at radius 1 is 1.06 bits per heavy atom. The minimum Gasteiger partial charge on any atom is -0.477 e. The minimum atomic E-state index is -1.14. The number of nitrogens with zero attached hydrogens (tertiary/aromatic N) is 4. The first kappa shape index (κ1) is 24.2. The third-order valence-corrected chi connectivity index (χ3v) is 6.32. The van der Waals surface area contributed by atoms with Crippen molar-refractivity contribution in [2.75, 3.05) is 5.32 Å². The average molecular weight is 480 g/mol. The van der Waals surface area contributed by atoms with Gasteiger partial charge in [0.25, 0.3) is 0 Å². The van der Waals surface area contributed by atoms with Crippen LogP contribution >= 0.6 is 0 Å². The second kappa shape index (κ2) is 10.5. The maximum absolute atomic E-state index is 13.1. The molecule has 1 saturated carbocycles. The first-order valence-electron chi connectivity index (χ1n) is 11.8. The summed E-state index contributed by atoms with van der Waals surface area (Å²) in [5.74, 6) is 0.749. The fraction of sp³-hybridized carbons (Fsp3) is 0.400. The minimum absolute atomic E-state index is 0.112. The Balaban J connectivity index is 1.55. The highest BCUT2D eigenvalue weighted by atomic mass is 16.5. The Morgan fingerprint density at radius 2 is 1.77 bits per heavy atom. The SMILES string of the molecule is CCn1c(=O)nc(Nc2ccc(Oc3cccc(C(=O)O)n3)cc2)n(CC2CCC(C)CC2)c1=O. The highest BCUT2D eigenvalue weighted by Crippen LogP contribution is 2.30. The molecule has 184 valence electrons. The van der Waals surface area contributed by atoms with Gasteiger partial charge in [-0.05, 0) is 61.9 Å². The zero-order valence-corrected chi connectivity index (χ0v) is 19.8. The summed E-state index contributed by atoms with van der Waals surface area (Å²) >= 11 is 0. The number of carboxylic acid groups (broad SMARTS) is 1. The molecule has 2 heterocycles. The van der Waals surface area contributed by atoms with Gasteiger partial charge >= 0.3 is 17.3 Å². The van der Waals surface area contributed by atoms with Crippen LogP contribution in [0, 0.1) is 11.8 Å². The molecular weight excluding hydrogens is 450 g/mol. The molecule has 1 aliphatic carbocycles. The molecule has 0 radical (unpaired) electrons. The second-order valence-electron chi connectivity index (χ2n) is 8.90. The molecule has 0 saturated heterocycles. The van der Waals surface area contributed by atoms with E-state index >= 15 is 0 Å².